The molecule has 3 atom stereocenters. The Bertz CT molecular complexity index is 2660. The minimum Gasteiger partial charge on any atom is -0.213 e. The van der Waals surface area contributed by atoms with Gasteiger partial charge in [0.05, 0.1) is 0 Å². The molecule has 0 saturated heterocycles. The van der Waals surface area contributed by atoms with Crippen molar-refractivity contribution >= 4 is 48.7 Å². The first-order chi connectivity index (χ1) is 26.6. The molecule has 4 heteroatoms. The van der Waals surface area contributed by atoms with Crippen LogP contribution in [-0.4, -0.2) is 15.0 Å². The molecular weight excluding hydrogens is 675 g/mol. The van der Waals surface area contributed by atoms with Crippen LogP contribution in [0, 0.1) is 11.8 Å². The van der Waals surface area contributed by atoms with Crippen LogP contribution in [0.5, 0.6) is 0 Å². The predicted octanol–water partition coefficient (Wildman–Crippen LogP) is 13.1. The van der Waals surface area contributed by atoms with Gasteiger partial charge >= 0.3 is 0 Å². The third kappa shape index (κ3) is 6.25. The zero-order chi connectivity index (χ0) is 36.0. The van der Waals surface area contributed by atoms with Gasteiger partial charge < -0.3 is 0 Å². The molecule has 0 bridgehead atoms. The van der Waals surface area contributed by atoms with E-state index in [1.54, 1.807) is 0 Å². The number of fused-ring (bicyclic) bond motifs is 4. The Morgan fingerprint density at radius 2 is 1.50 bits per heavy atom. The van der Waals surface area contributed by atoms with E-state index in [4.69, 9.17) is 15.0 Å². The number of hydrogen-bond donors (Lipinski definition) is 0. The number of aromatic nitrogens is 3. The van der Waals surface area contributed by atoms with Crippen LogP contribution in [0.1, 0.15) is 66.9 Å². The van der Waals surface area contributed by atoms with Gasteiger partial charge in [-0.15, -0.1) is 11.3 Å². The summed E-state index contributed by atoms with van der Waals surface area (Å²) in [4.78, 5) is 15.9. The highest BCUT2D eigenvalue weighted by atomic mass is 32.1. The van der Waals surface area contributed by atoms with Crippen molar-refractivity contribution in [3.63, 3.8) is 0 Å². The minimum atomic E-state index is 0.0474. The van der Waals surface area contributed by atoms with E-state index in [1.165, 1.54) is 64.7 Å². The van der Waals surface area contributed by atoms with Crippen molar-refractivity contribution in [1.29, 1.82) is 0 Å². The van der Waals surface area contributed by atoms with Crippen LogP contribution >= 0.6 is 11.3 Å². The van der Waals surface area contributed by atoms with Crippen molar-refractivity contribution in [2.75, 3.05) is 0 Å². The van der Waals surface area contributed by atoms with E-state index in [-0.39, 0.29) is 5.92 Å². The highest BCUT2D eigenvalue weighted by Crippen LogP contribution is 2.42. The first-order valence-electron chi connectivity index (χ1n) is 19.3. The summed E-state index contributed by atoms with van der Waals surface area (Å²) in [7, 11) is 0. The second-order valence-corrected chi connectivity index (χ2v) is 16.2. The van der Waals surface area contributed by atoms with Crippen LogP contribution in [0.15, 0.2) is 151 Å². The van der Waals surface area contributed by atoms with Crippen LogP contribution in [-0.2, 0) is 6.42 Å². The largest absolute Gasteiger partial charge is 0.213 e. The summed E-state index contributed by atoms with van der Waals surface area (Å²) >= 11 is 1.84. The lowest BCUT2D eigenvalue weighted by Gasteiger charge is -2.22. The molecule has 6 aromatic rings. The number of thiophene rings is 1. The fourth-order valence-electron chi connectivity index (χ4n) is 8.54. The highest BCUT2D eigenvalue weighted by Gasteiger charge is 2.24. The molecule has 4 aliphatic rings. The Hall–Kier alpha value is -5.71. The normalized spacial score (nSPS) is 20.5. The summed E-state index contributed by atoms with van der Waals surface area (Å²) < 4.78 is 2.52. The smallest absolute Gasteiger partial charge is 0.164 e. The molecule has 4 aliphatic carbocycles. The van der Waals surface area contributed by atoms with Gasteiger partial charge in [-0.25, -0.2) is 15.0 Å². The predicted molar refractivity (Wildman–Crippen MR) is 228 cm³/mol. The average Bonchev–Trinajstić information content (AvgIpc) is 3.62. The van der Waals surface area contributed by atoms with Crippen LogP contribution < -0.4 is 0 Å². The van der Waals surface area contributed by atoms with E-state index < -0.39 is 0 Å². The second-order valence-electron chi connectivity index (χ2n) is 15.1. The molecule has 54 heavy (non-hydrogen) atoms. The summed E-state index contributed by atoms with van der Waals surface area (Å²) in [5.41, 5.74) is 11.5. The molecule has 10 rings (SSSR count). The van der Waals surface area contributed by atoms with Gasteiger partial charge in [-0.05, 0) is 101 Å². The zero-order valence-corrected chi connectivity index (χ0v) is 31.3. The molecule has 2 aromatic heterocycles. The molecular formula is C50H41N3S. The average molecular weight is 716 g/mol. The topological polar surface area (TPSA) is 38.7 Å². The maximum absolute atomic E-state index is 5.35. The number of allylic oxidation sites excluding steroid dienone is 13. The van der Waals surface area contributed by atoms with Gasteiger partial charge in [0, 0.05) is 37.6 Å². The number of hydrogen-bond acceptors (Lipinski definition) is 4. The molecule has 0 aliphatic heterocycles. The monoisotopic (exact) mass is 715 g/mol. The Balaban J connectivity index is 1.09. The van der Waals surface area contributed by atoms with Gasteiger partial charge in [0.15, 0.2) is 11.6 Å². The van der Waals surface area contributed by atoms with E-state index >= 15 is 0 Å². The summed E-state index contributed by atoms with van der Waals surface area (Å²) in [6, 6.07) is 31.2. The van der Waals surface area contributed by atoms with Crippen LogP contribution in [0.3, 0.4) is 0 Å². The molecule has 0 spiro atoms. The molecule has 4 aromatic carbocycles. The maximum Gasteiger partial charge on any atom is 0.164 e. The first-order valence-corrected chi connectivity index (χ1v) is 20.1. The quantitative estimate of drug-likeness (QED) is 0.172. The molecule has 0 fully saturated rings. The van der Waals surface area contributed by atoms with E-state index in [1.807, 2.05) is 11.3 Å². The Labute approximate surface area is 321 Å². The van der Waals surface area contributed by atoms with Gasteiger partial charge in [0.2, 0.25) is 0 Å². The third-order valence-electron chi connectivity index (χ3n) is 11.5. The molecule has 0 amide bonds. The maximum atomic E-state index is 5.35. The van der Waals surface area contributed by atoms with Crippen molar-refractivity contribution in [3.8, 4) is 22.5 Å². The summed E-state index contributed by atoms with van der Waals surface area (Å²) in [6.45, 7) is 2.29. The minimum absolute atomic E-state index is 0.0474. The lowest BCUT2D eigenvalue weighted by molar-refractivity contribution is 0.711. The summed E-state index contributed by atoms with van der Waals surface area (Å²) in [5.74, 6) is 3.48. The number of nitrogens with zero attached hydrogens (tertiary/aromatic N) is 3. The fourth-order valence-corrected chi connectivity index (χ4v) is 9.65. The van der Waals surface area contributed by atoms with Crippen molar-refractivity contribution in [2.24, 2.45) is 11.8 Å². The Kier molecular flexibility index (Phi) is 8.49. The number of benzene rings is 4. The van der Waals surface area contributed by atoms with Crippen molar-refractivity contribution in [2.45, 2.75) is 44.9 Å². The van der Waals surface area contributed by atoms with Crippen molar-refractivity contribution < 1.29 is 0 Å². The fraction of sp³-hybridized carbons (Fsp3) is 0.180. The Morgan fingerprint density at radius 3 is 2.37 bits per heavy atom. The molecule has 0 saturated carbocycles. The van der Waals surface area contributed by atoms with Crippen molar-refractivity contribution in [3.05, 3.63) is 180 Å². The molecule has 3 unspecified atom stereocenters. The Morgan fingerprint density at radius 1 is 0.630 bits per heavy atom. The highest BCUT2D eigenvalue weighted by molar-refractivity contribution is 7.26. The number of rotatable bonds is 6. The van der Waals surface area contributed by atoms with Crippen LogP contribution in [0.4, 0.5) is 0 Å². The molecule has 0 radical (unpaired) electrons. The van der Waals surface area contributed by atoms with Gasteiger partial charge in [-0.3, -0.25) is 0 Å². The van der Waals surface area contributed by atoms with Crippen LogP contribution in [0.2, 0.25) is 0 Å². The SMILES string of the molecule is CC1C=Cc2cc(-c3ccc4sc5cccc(-c6nc(C7=CC=C(C8C=CC=CC8)CC7)nc(C7C=CC=C(c8ccccc8)C7)n6)c5c4c3)ccc2C1. The van der Waals surface area contributed by atoms with E-state index in [9.17, 15) is 0 Å². The second kappa shape index (κ2) is 13.9. The molecule has 262 valence electrons. The van der Waals surface area contributed by atoms with Gasteiger partial charge in [-0.2, -0.15) is 0 Å². The first kappa shape index (κ1) is 32.9. The standard InChI is InChI=1S/C50H41N3S/c1-32-18-19-39-29-40(25-24-38(39)28-32)41-26-27-45-44(31-41)47-43(16-9-17-46(47)54-45)50-52-48(36-22-20-35(21-23-36)33-10-4-2-5-11-33)51-49(53-50)42-15-8-14-37(30-42)34-12-6-3-7-13-34/h2-10,12-20,22,24-27,29,31-33,42H,11,21,23,28,30H2,1H3. The van der Waals surface area contributed by atoms with Crippen LogP contribution in [0.25, 0.3) is 59.9 Å². The third-order valence-corrected chi connectivity index (χ3v) is 12.6. The van der Waals surface area contributed by atoms with E-state index in [0.717, 1.165) is 55.1 Å². The van der Waals surface area contributed by atoms with Gasteiger partial charge in [-0.1, -0.05) is 140 Å². The van der Waals surface area contributed by atoms with Gasteiger partial charge in [0.25, 0.3) is 0 Å². The van der Waals surface area contributed by atoms with E-state index in [2.05, 4.69) is 159 Å². The van der Waals surface area contributed by atoms with Crippen molar-refractivity contribution in [1.82, 2.24) is 15.0 Å². The summed E-state index contributed by atoms with van der Waals surface area (Å²) in [6.07, 6.45) is 29.7. The molecule has 2 heterocycles. The zero-order valence-electron chi connectivity index (χ0n) is 30.5. The molecule has 3 nitrogen and oxygen atoms in total. The lowest BCUT2D eigenvalue weighted by atomic mass is 9.85. The van der Waals surface area contributed by atoms with E-state index in [0.29, 0.717) is 11.8 Å². The lowest BCUT2D eigenvalue weighted by Crippen LogP contribution is -2.12. The summed E-state index contributed by atoms with van der Waals surface area (Å²) in [5, 5.41) is 2.47. The van der Waals surface area contributed by atoms with Gasteiger partial charge in [0.1, 0.15) is 5.82 Å². The molecule has 0 N–H and O–H groups in total.